The molecule has 0 bridgehead atoms. The van der Waals surface area contributed by atoms with Gasteiger partial charge in [-0.15, -0.1) is 11.6 Å². The molecule has 1 radical (unpaired) electrons. The molecule has 0 rings (SSSR count). The van der Waals surface area contributed by atoms with Gasteiger partial charge in [-0.1, -0.05) is 0 Å². The molecular weight excluding hydrogens is 111 g/mol. The average Bonchev–Trinajstić information content (AvgIpc) is 0.918. The van der Waals surface area contributed by atoms with Crippen LogP contribution in [0.1, 0.15) is 0 Å². The van der Waals surface area contributed by atoms with Crippen LogP contribution in [-0.2, 0) is 21.7 Å². The van der Waals surface area contributed by atoms with Crippen molar-refractivity contribution in [2.24, 2.45) is 0 Å². The molecule has 0 atom stereocenters. The van der Waals surface area contributed by atoms with E-state index in [0.29, 0.717) is 0 Å². The maximum atomic E-state index is 2.21. The first-order chi connectivity index (χ1) is 1.41. The first-order valence-electron chi connectivity index (χ1n) is 1.15. The smallest absolute Gasteiger partial charge is 0.191 e. The molecule has 29 valence electrons. The van der Waals surface area contributed by atoms with Gasteiger partial charge in [-0.05, 0) is 0 Å². The summed E-state index contributed by atoms with van der Waals surface area (Å²) in [7, 11) is 0. The largest absolute Gasteiger partial charge is 0.358 e. The molecule has 0 amide bonds. The molecule has 0 heterocycles. The van der Waals surface area contributed by atoms with Crippen LogP contribution in [0, 0.1) is 7.43 Å². The quantitative estimate of drug-likeness (QED) is 0.333. The Kier molecular flexibility index (Phi) is 61.2. The fourth-order valence-electron chi connectivity index (χ4n) is 0. The van der Waals surface area contributed by atoms with Crippen molar-refractivity contribution in [1.82, 2.24) is 0 Å². The van der Waals surface area contributed by atoms with Gasteiger partial charge in [0.2, 0.25) is 0 Å². The van der Waals surface area contributed by atoms with Gasteiger partial charge in [0, 0.05) is 21.7 Å². The van der Waals surface area contributed by atoms with Crippen LogP contribution in [0.3, 0.4) is 0 Å². The summed E-state index contributed by atoms with van der Waals surface area (Å²) in [4.78, 5) is 0. The van der Waals surface area contributed by atoms with Crippen molar-refractivity contribution < 1.29 is 21.7 Å². The summed E-state index contributed by atoms with van der Waals surface area (Å²) in [5, 5.41) is 0. The van der Waals surface area contributed by atoms with Gasteiger partial charge in [-0.25, -0.2) is 0 Å². The third-order valence-electron chi connectivity index (χ3n) is 0. The molecule has 0 aromatic heterocycles. The maximum absolute atomic E-state index is 2.21. The topological polar surface area (TPSA) is 0 Å². The zero-order valence-electron chi connectivity index (χ0n) is 4.08. The predicted molar refractivity (Wildman–Crippen MR) is 23.9 cm³/mol. The Bertz CT molecular complexity index is 6.85. The fraction of sp³-hybridized carbons (Fsp3) is 0.667. The van der Waals surface area contributed by atoms with E-state index in [4.69, 9.17) is 0 Å². The Hall–Kier alpha value is 1.25. The van der Waals surface area contributed by atoms with Gasteiger partial charge >= 0.3 is 0 Å². The van der Waals surface area contributed by atoms with E-state index in [0.717, 1.165) is 15.2 Å². The first-order valence-corrected chi connectivity index (χ1v) is 3.46. The first kappa shape index (κ1) is 16.3. The van der Waals surface area contributed by atoms with Crippen LogP contribution >= 0.6 is 0 Å². The minimum atomic E-state index is 0. The minimum absolute atomic E-state index is 0. The summed E-state index contributed by atoms with van der Waals surface area (Å²) in [6.45, 7) is 0. The normalized spacial score (nSPS) is 2.80. The zero-order chi connectivity index (χ0) is 2.71. The monoisotopic (exact) mass is 120 g/mol. The molecule has 0 N–H and O–H groups in total. The number of hydrogen-bond donors (Lipinski definition) is 0. The van der Waals surface area contributed by atoms with Crippen molar-refractivity contribution in [3.05, 3.63) is 7.43 Å². The van der Waals surface area contributed by atoms with Crippen LogP contribution in [-0.4, -0.2) is 15.2 Å². The van der Waals surface area contributed by atoms with Gasteiger partial charge in [-0.2, -0.15) is 0 Å². The average molecular weight is 120 g/mol. The fourth-order valence-corrected chi connectivity index (χ4v) is 0. The molecule has 0 aromatic rings. The summed E-state index contributed by atoms with van der Waals surface area (Å²) in [5.74, 6) is 4.42. The van der Waals surface area contributed by atoms with Crippen LogP contribution in [0.5, 0.6) is 0 Å². The molecule has 5 heavy (non-hydrogen) atoms. The zero-order valence-corrected chi connectivity index (χ0v) is 6.79. The summed E-state index contributed by atoms with van der Waals surface area (Å²) >= 11 is 0.750. The van der Waals surface area contributed by atoms with Crippen molar-refractivity contribution in [1.29, 1.82) is 0 Å². The van der Waals surface area contributed by atoms with E-state index in [1.165, 1.54) is 0 Å². The maximum Gasteiger partial charge on any atom is 0.191 e. The van der Waals surface area contributed by atoms with E-state index in [9.17, 15) is 0 Å². The Labute approximate surface area is 55.9 Å². The summed E-state index contributed by atoms with van der Waals surface area (Å²) in [5.41, 5.74) is 0. The Morgan fingerprint density at radius 1 is 1.20 bits per heavy atom. The van der Waals surface area contributed by atoms with E-state index in [1.807, 2.05) is 0 Å². The molecule has 0 spiro atoms. The van der Waals surface area contributed by atoms with E-state index in [-0.39, 0.29) is 29.1 Å². The minimum Gasteiger partial charge on any atom is -0.358 e. The standard InChI is InChI=1S/3CH3.Al.Ti/h3*1H3;;/q;;-1;;. The van der Waals surface area contributed by atoms with E-state index < -0.39 is 0 Å². The Balaban J connectivity index is -0.0000000200. The van der Waals surface area contributed by atoms with Gasteiger partial charge in [0.1, 0.15) is 0 Å². The SMILES string of the molecule is [CH3-].[CH3][Al][CH3].[Ti]. The molecule has 0 saturated heterocycles. The van der Waals surface area contributed by atoms with Gasteiger partial charge in [0.15, 0.2) is 15.2 Å². The molecule has 0 aromatic carbocycles. The summed E-state index contributed by atoms with van der Waals surface area (Å²) < 4.78 is 0. The van der Waals surface area contributed by atoms with E-state index in [2.05, 4.69) is 11.6 Å². The van der Waals surface area contributed by atoms with E-state index >= 15 is 0 Å². The third kappa shape index (κ3) is 35.6. The molecule has 0 unspecified atom stereocenters. The van der Waals surface area contributed by atoms with Crippen molar-refractivity contribution in [3.63, 3.8) is 0 Å². The molecule has 0 fully saturated rings. The number of rotatable bonds is 0. The third-order valence-corrected chi connectivity index (χ3v) is 0. The van der Waals surface area contributed by atoms with Gasteiger partial charge in [-0.3, -0.25) is 0 Å². The second-order valence-electron chi connectivity index (χ2n) is 0.577. The van der Waals surface area contributed by atoms with Crippen LogP contribution in [0.2, 0.25) is 11.6 Å². The van der Waals surface area contributed by atoms with Crippen LogP contribution in [0.15, 0.2) is 0 Å². The van der Waals surface area contributed by atoms with Gasteiger partial charge in [0.05, 0.1) is 0 Å². The predicted octanol–water partition coefficient (Wildman–Crippen LogP) is 1.23. The summed E-state index contributed by atoms with van der Waals surface area (Å²) in [6, 6.07) is 0. The Morgan fingerprint density at radius 3 is 1.20 bits per heavy atom. The molecule has 0 aliphatic heterocycles. The molecule has 0 saturated carbocycles. The van der Waals surface area contributed by atoms with Crippen molar-refractivity contribution >= 4 is 15.2 Å². The van der Waals surface area contributed by atoms with Crippen molar-refractivity contribution in [2.75, 3.05) is 0 Å². The molecule has 0 nitrogen and oxygen atoms in total. The van der Waals surface area contributed by atoms with Crippen LogP contribution in [0.4, 0.5) is 0 Å². The van der Waals surface area contributed by atoms with Crippen LogP contribution < -0.4 is 0 Å². The molecule has 0 aliphatic rings. The van der Waals surface area contributed by atoms with Crippen molar-refractivity contribution in [2.45, 2.75) is 11.6 Å². The number of hydrogen-bond acceptors (Lipinski definition) is 0. The van der Waals surface area contributed by atoms with Crippen molar-refractivity contribution in [3.8, 4) is 0 Å². The van der Waals surface area contributed by atoms with Crippen LogP contribution in [0.25, 0.3) is 0 Å². The van der Waals surface area contributed by atoms with Gasteiger partial charge in [0.25, 0.3) is 0 Å². The van der Waals surface area contributed by atoms with E-state index in [1.54, 1.807) is 0 Å². The molecule has 2 heteroatoms. The molecular formula is C3H9AlTi-. The van der Waals surface area contributed by atoms with Gasteiger partial charge < -0.3 is 7.43 Å². The molecule has 0 aliphatic carbocycles. The summed E-state index contributed by atoms with van der Waals surface area (Å²) in [6.07, 6.45) is 0. The Morgan fingerprint density at radius 2 is 1.20 bits per heavy atom. The second kappa shape index (κ2) is 18.7. The second-order valence-corrected chi connectivity index (χ2v) is 1.73.